The zero-order chi connectivity index (χ0) is 21.9. The average Bonchev–Trinajstić information content (AvgIpc) is 2.79. The first-order chi connectivity index (χ1) is 12.4. The molecule has 0 saturated heterocycles. The molecule has 0 unspecified atom stereocenters. The molecule has 1 aromatic carbocycles. The first kappa shape index (κ1) is 22.5. The second kappa shape index (κ2) is 6.35. The topological polar surface area (TPSA) is 97.7 Å². The van der Waals surface area contributed by atoms with Gasteiger partial charge in [-0.25, -0.2) is 0 Å². The third-order valence-corrected chi connectivity index (χ3v) is 6.35. The highest BCUT2D eigenvalue weighted by atomic mass is 32.2. The second-order valence-electron chi connectivity index (χ2n) is 6.02. The maximum atomic E-state index is 13.8. The van der Waals surface area contributed by atoms with Crippen molar-refractivity contribution in [2.75, 3.05) is 0 Å². The molecule has 1 N–H and O–H groups in total. The summed E-state index contributed by atoms with van der Waals surface area (Å²) in [6.07, 6.45) is 0.284. The van der Waals surface area contributed by atoms with E-state index in [1.165, 1.54) is 6.07 Å². The number of hydrogen-bond donors (Lipinski definition) is 1. The maximum Gasteiger partial charge on any atom is 0.450 e. The van der Waals surface area contributed by atoms with Crippen molar-refractivity contribution < 1.29 is 51.9 Å². The molecule has 0 atom stereocenters. The Labute approximate surface area is 155 Å². The van der Waals surface area contributed by atoms with Gasteiger partial charge < -0.3 is 4.18 Å². The van der Waals surface area contributed by atoms with Crippen LogP contribution in [0.1, 0.15) is 25.0 Å². The van der Waals surface area contributed by atoms with Crippen molar-refractivity contribution in [3.05, 3.63) is 34.9 Å². The monoisotopic (exact) mass is 454 g/mol. The van der Waals surface area contributed by atoms with Gasteiger partial charge in [-0.05, 0) is 49.1 Å². The lowest BCUT2D eigenvalue weighted by atomic mass is 10.1. The van der Waals surface area contributed by atoms with Gasteiger partial charge in [0.1, 0.15) is 5.75 Å². The smallest absolute Gasteiger partial charge is 0.378 e. The molecule has 1 aromatic rings. The number of fused-ring (bicyclic) bond motifs is 1. The minimum atomic E-state index is -7.09. The molecular formula is C14H12F6O6S2. The zero-order valence-corrected chi connectivity index (χ0v) is 15.6. The molecule has 158 valence electrons. The predicted octanol–water partition coefficient (Wildman–Crippen LogP) is 3.45. The Bertz CT molecular complexity index is 1060. The minimum absolute atomic E-state index is 0.284. The second-order valence-corrected chi connectivity index (χ2v) is 9.07. The lowest BCUT2D eigenvalue weighted by Gasteiger charge is -2.29. The van der Waals surface area contributed by atoms with E-state index >= 15 is 0 Å². The lowest BCUT2D eigenvalue weighted by molar-refractivity contribution is -0.247. The maximum absolute atomic E-state index is 13.8. The molecule has 0 aliphatic heterocycles. The molecule has 2 rings (SSSR count). The predicted molar refractivity (Wildman–Crippen MR) is 84.4 cm³/mol. The molecule has 0 heterocycles. The van der Waals surface area contributed by atoms with Crippen LogP contribution in [0.2, 0.25) is 0 Å². The van der Waals surface area contributed by atoms with E-state index < -0.39 is 42.4 Å². The van der Waals surface area contributed by atoms with Crippen molar-refractivity contribution in [3.8, 4) is 5.75 Å². The quantitative estimate of drug-likeness (QED) is 0.402. The molecule has 0 radical (unpaired) electrons. The van der Waals surface area contributed by atoms with E-state index in [0.29, 0.717) is 11.1 Å². The van der Waals surface area contributed by atoms with Crippen LogP contribution in [-0.2, 0) is 26.7 Å². The van der Waals surface area contributed by atoms with Crippen LogP contribution >= 0.6 is 0 Å². The van der Waals surface area contributed by atoms with Crippen LogP contribution in [0.15, 0.2) is 23.8 Å². The molecule has 0 amide bonds. The molecular weight excluding hydrogens is 442 g/mol. The summed E-state index contributed by atoms with van der Waals surface area (Å²) in [6.45, 7) is 3.46. The van der Waals surface area contributed by atoms with Crippen LogP contribution in [-0.4, -0.2) is 37.8 Å². The van der Waals surface area contributed by atoms with Gasteiger partial charge in [0.15, 0.2) is 0 Å². The van der Waals surface area contributed by atoms with E-state index in [2.05, 4.69) is 4.18 Å². The summed E-state index contributed by atoms with van der Waals surface area (Å²) in [7, 11) is -13.9. The van der Waals surface area contributed by atoms with Gasteiger partial charge in [0.2, 0.25) is 0 Å². The number of halogens is 6. The highest BCUT2D eigenvalue weighted by molar-refractivity contribution is 7.88. The Hall–Kier alpha value is -1.80. The van der Waals surface area contributed by atoms with Gasteiger partial charge in [-0.3, -0.25) is 4.55 Å². The molecule has 14 heteroatoms. The molecule has 0 fully saturated rings. The summed E-state index contributed by atoms with van der Waals surface area (Å²) in [5.74, 6) is -7.91. The lowest BCUT2D eigenvalue weighted by Crippen LogP contribution is -2.61. The van der Waals surface area contributed by atoms with Crippen LogP contribution in [0.4, 0.5) is 26.3 Å². The van der Waals surface area contributed by atoms with Crippen LogP contribution in [0.5, 0.6) is 5.75 Å². The van der Waals surface area contributed by atoms with E-state index in [0.717, 1.165) is 23.3 Å². The summed E-state index contributed by atoms with van der Waals surface area (Å²) < 4.78 is 137. The SMILES string of the molecule is CC1=C(C)c2ccc(OS(=O)(=O)C(F)(F)C(F)(F)C(F)(F)S(=O)(=O)O)cc2C1. The Morgan fingerprint density at radius 3 is 2.00 bits per heavy atom. The van der Waals surface area contributed by atoms with Gasteiger partial charge in [-0.1, -0.05) is 11.6 Å². The normalized spacial score (nSPS) is 16.3. The van der Waals surface area contributed by atoms with Gasteiger partial charge in [0, 0.05) is 0 Å². The molecule has 0 spiro atoms. The van der Waals surface area contributed by atoms with Crippen molar-refractivity contribution in [2.24, 2.45) is 0 Å². The van der Waals surface area contributed by atoms with Gasteiger partial charge in [0.05, 0.1) is 0 Å². The summed E-state index contributed by atoms with van der Waals surface area (Å²) in [5.41, 5.74) is 2.71. The fourth-order valence-electron chi connectivity index (χ4n) is 2.45. The summed E-state index contributed by atoms with van der Waals surface area (Å²) in [6, 6.07) is 3.05. The van der Waals surface area contributed by atoms with Crippen LogP contribution < -0.4 is 4.18 Å². The molecule has 0 bridgehead atoms. The van der Waals surface area contributed by atoms with Crippen LogP contribution in [0.3, 0.4) is 0 Å². The first-order valence-electron chi connectivity index (χ1n) is 7.21. The number of alkyl halides is 6. The van der Waals surface area contributed by atoms with E-state index in [1.807, 2.05) is 0 Å². The Kier molecular flexibility index (Phi) is 5.10. The third kappa shape index (κ3) is 3.16. The van der Waals surface area contributed by atoms with Crippen molar-refractivity contribution in [1.82, 2.24) is 0 Å². The van der Waals surface area contributed by atoms with Crippen molar-refractivity contribution >= 4 is 25.8 Å². The van der Waals surface area contributed by atoms with Crippen LogP contribution in [0.25, 0.3) is 5.57 Å². The van der Waals surface area contributed by atoms with E-state index in [1.54, 1.807) is 13.8 Å². The number of rotatable bonds is 6. The molecule has 0 aromatic heterocycles. The van der Waals surface area contributed by atoms with Gasteiger partial charge >= 0.3 is 36.7 Å². The fourth-order valence-corrected chi connectivity index (χ4v) is 3.87. The summed E-state index contributed by atoms with van der Waals surface area (Å²) in [4.78, 5) is 0. The number of allylic oxidation sites excluding steroid dienone is 2. The van der Waals surface area contributed by atoms with Crippen molar-refractivity contribution in [3.63, 3.8) is 0 Å². The largest absolute Gasteiger partial charge is 0.450 e. The molecule has 0 saturated carbocycles. The number of hydrogen-bond acceptors (Lipinski definition) is 5. The molecule has 1 aliphatic carbocycles. The van der Waals surface area contributed by atoms with Crippen molar-refractivity contribution in [1.29, 1.82) is 0 Å². The van der Waals surface area contributed by atoms with E-state index in [-0.39, 0.29) is 6.42 Å². The third-order valence-electron chi connectivity index (χ3n) is 4.15. The van der Waals surface area contributed by atoms with Gasteiger partial charge in [-0.2, -0.15) is 43.2 Å². The van der Waals surface area contributed by atoms with E-state index in [4.69, 9.17) is 4.55 Å². The first-order valence-corrected chi connectivity index (χ1v) is 10.1. The molecule has 1 aliphatic rings. The van der Waals surface area contributed by atoms with E-state index in [9.17, 15) is 43.2 Å². The Morgan fingerprint density at radius 1 is 0.964 bits per heavy atom. The minimum Gasteiger partial charge on any atom is -0.378 e. The number of benzene rings is 1. The summed E-state index contributed by atoms with van der Waals surface area (Å²) in [5, 5.41) is -13.5. The Morgan fingerprint density at radius 2 is 1.50 bits per heavy atom. The molecule has 28 heavy (non-hydrogen) atoms. The van der Waals surface area contributed by atoms with Crippen molar-refractivity contribution in [2.45, 2.75) is 36.7 Å². The molecule has 6 nitrogen and oxygen atoms in total. The van der Waals surface area contributed by atoms with Gasteiger partial charge in [-0.15, -0.1) is 0 Å². The fraction of sp³-hybridized carbons (Fsp3) is 0.429. The zero-order valence-electron chi connectivity index (χ0n) is 14.0. The average molecular weight is 454 g/mol. The highest BCUT2D eigenvalue weighted by Gasteiger charge is 2.83. The highest BCUT2D eigenvalue weighted by Crippen LogP contribution is 2.51. The standard InChI is InChI=1S/C14H12F6O6S2/c1-7-5-9-6-10(3-4-11(9)8(7)2)26-28(24,25)14(19,20)12(15,16)13(17,18)27(21,22)23/h3-4,6H,5H2,1-2H3,(H,21,22,23). The van der Waals surface area contributed by atoms with Crippen LogP contribution in [0, 0.1) is 0 Å². The summed E-state index contributed by atoms with van der Waals surface area (Å²) >= 11 is 0. The Balaban J connectivity index is 2.44. The van der Waals surface area contributed by atoms with Gasteiger partial charge in [0.25, 0.3) is 0 Å².